The number of aliphatic hydroxyl groups is 1. The van der Waals surface area contributed by atoms with Gasteiger partial charge in [-0.1, -0.05) is 60.7 Å². The Morgan fingerprint density at radius 1 is 0.871 bits per heavy atom. The molecule has 6 nitrogen and oxygen atoms in total. The molecule has 4 rings (SSSR count). The maximum absolute atomic E-state index is 13.1. The summed E-state index contributed by atoms with van der Waals surface area (Å²) in [5.41, 5.74) is 2.26. The topological polar surface area (TPSA) is 86.7 Å². The Morgan fingerprint density at radius 2 is 1.45 bits per heavy atom. The van der Waals surface area contributed by atoms with Gasteiger partial charge < -0.3 is 10.4 Å². The third-order valence-electron chi connectivity index (χ3n) is 5.07. The van der Waals surface area contributed by atoms with Gasteiger partial charge in [-0.3, -0.25) is 19.3 Å². The smallest absolute Gasteiger partial charge is 0.300 e. The van der Waals surface area contributed by atoms with Crippen LogP contribution in [0.15, 0.2) is 90.5 Å². The number of ketones is 1. The number of amides is 2. The second-order valence-corrected chi connectivity index (χ2v) is 7.17. The van der Waals surface area contributed by atoms with Crippen LogP contribution in [-0.4, -0.2) is 22.7 Å². The molecule has 2 amide bonds. The van der Waals surface area contributed by atoms with Crippen molar-refractivity contribution in [3.05, 3.63) is 102 Å². The van der Waals surface area contributed by atoms with Crippen molar-refractivity contribution in [3.63, 3.8) is 0 Å². The second-order valence-electron chi connectivity index (χ2n) is 7.17. The Morgan fingerprint density at radius 3 is 2.03 bits per heavy atom. The maximum Gasteiger partial charge on any atom is 0.300 e. The molecule has 0 saturated carbocycles. The summed E-state index contributed by atoms with van der Waals surface area (Å²) in [4.78, 5) is 38.8. The summed E-state index contributed by atoms with van der Waals surface area (Å²) in [5, 5.41) is 13.7. The van der Waals surface area contributed by atoms with Crippen LogP contribution in [0.25, 0.3) is 5.76 Å². The largest absolute Gasteiger partial charge is 0.507 e. The zero-order valence-corrected chi connectivity index (χ0v) is 16.8. The van der Waals surface area contributed by atoms with E-state index in [9.17, 15) is 19.5 Å². The molecule has 0 spiro atoms. The summed E-state index contributed by atoms with van der Waals surface area (Å²) >= 11 is 0. The molecule has 1 saturated heterocycles. The van der Waals surface area contributed by atoms with Crippen molar-refractivity contribution < 1.29 is 19.5 Å². The molecule has 1 atom stereocenters. The highest BCUT2D eigenvalue weighted by molar-refractivity contribution is 6.51. The lowest BCUT2D eigenvalue weighted by molar-refractivity contribution is -0.132. The summed E-state index contributed by atoms with van der Waals surface area (Å²) in [6, 6.07) is 23.7. The molecule has 2 N–H and O–H groups in total. The Kier molecular flexibility index (Phi) is 5.37. The van der Waals surface area contributed by atoms with Crippen molar-refractivity contribution in [2.75, 3.05) is 10.2 Å². The highest BCUT2D eigenvalue weighted by atomic mass is 16.3. The van der Waals surface area contributed by atoms with Crippen LogP contribution in [0.2, 0.25) is 0 Å². The van der Waals surface area contributed by atoms with Gasteiger partial charge in [-0.25, -0.2) is 0 Å². The van der Waals surface area contributed by atoms with Crippen LogP contribution in [0, 0.1) is 0 Å². The number of nitrogens with zero attached hydrogens (tertiary/aromatic N) is 1. The summed E-state index contributed by atoms with van der Waals surface area (Å²) in [5.74, 6) is -1.90. The molecule has 3 aromatic rings. The van der Waals surface area contributed by atoms with Gasteiger partial charge in [0.1, 0.15) is 5.76 Å². The van der Waals surface area contributed by atoms with E-state index in [0.29, 0.717) is 22.5 Å². The van der Waals surface area contributed by atoms with Gasteiger partial charge in [0.2, 0.25) is 5.91 Å². The molecule has 1 heterocycles. The molecule has 0 aromatic heterocycles. The fourth-order valence-electron chi connectivity index (χ4n) is 3.71. The predicted octanol–water partition coefficient (Wildman–Crippen LogP) is 4.27. The SMILES string of the molecule is CC(=O)Nc1ccc(N2C(=O)C(=O)/C(=C(\O)c3ccccc3)C2c2ccccc2)cc1. The number of carbonyl (C=O) groups excluding carboxylic acids is 3. The lowest BCUT2D eigenvalue weighted by Gasteiger charge is -2.25. The molecular formula is C25H20N2O4. The molecule has 31 heavy (non-hydrogen) atoms. The first-order chi connectivity index (χ1) is 15.0. The number of anilines is 2. The maximum atomic E-state index is 13.1. The lowest BCUT2D eigenvalue weighted by Crippen LogP contribution is -2.29. The van der Waals surface area contributed by atoms with Crippen molar-refractivity contribution in [2.45, 2.75) is 13.0 Å². The summed E-state index contributed by atoms with van der Waals surface area (Å²) in [6.07, 6.45) is 0. The van der Waals surface area contributed by atoms with Gasteiger partial charge in [0, 0.05) is 23.9 Å². The number of benzene rings is 3. The number of carbonyl (C=O) groups is 3. The minimum atomic E-state index is -0.784. The molecular weight excluding hydrogens is 392 g/mol. The Bertz CT molecular complexity index is 1170. The van der Waals surface area contributed by atoms with Crippen LogP contribution in [0.1, 0.15) is 24.1 Å². The molecule has 6 heteroatoms. The number of hydrogen-bond acceptors (Lipinski definition) is 4. The van der Waals surface area contributed by atoms with Gasteiger partial charge in [-0.05, 0) is 29.8 Å². The third kappa shape index (κ3) is 3.83. The van der Waals surface area contributed by atoms with Crippen molar-refractivity contribution in [1.29, 1.82) is 0 Å². The van der Waals surface area contributed by atoms with Crippen molar-refractivity contribution in [3.8, 4) is 0 Å². The lowest BCUT2D eigenvalue weighted by atomic mass is 9.95. The molecule has 1 aliphatic rings. The number of Topliss-reactive ketones (excluding diaryl/α,β-unsaturated/α-hetero) is 1. The first-order valence-corrected chi connectivity index (χ1v) is 9.76. The van der Waals surface area contributed by atoms with Crippen molar-refractivity contribution in [1.82, 2.24) is 0 Å². The summed E-state index contributed by atoms with van der Waals surface area (Å²) in [6.45, 7) is 1.41. The highest BCUT2D eigenvalue weighted by Crippen LogP contribution is 2.42. The average molecular weight is 412 g/mol. The average Bonchev–Trinajstić information content (AvgIpc) is 3.05. The number of rotatable bonds is 4. The molecule has 1 aliphatic heterocycles. The van der Waals surface area contributed by atoms with Gasteiger partial charge in [0.15, 0.2) is 0 Å². The Hall–Kier alpha value is -4.19. The van der Waals surface area contributed by atoms with E-state index in [4.69, 9.17) is 0 Å². The Balaban J connectivity index is 1.86. The minimum Gasteiger partial charge on any atom is -0.507 e. The summed E-state index contributed by atoms with van der Waals surface area (Å²) in [7, 11) is 0. The monoisotopic (exact) mass is 412 g/mol. The van der Waals surface area contributed by atoms with E-state index in [1.165, 1.54) is 11.8 Å². The van der Waals surface area contributed by atoms with Crippen LogP contribution in [0.4, 0.5) is 11.4 Å². The second kappa shape index (κ2) is 8.28. The van der Waals surface area contributed by atoms with Crippen LogP contribution in [0.3, 0.4) is 0 Å². The predicted molar refractivity (Wildman–Crippen MR) is 118 cm³/mol. The van der Waals surface area contributed by atoms with Crippen LogP contribution >= 0.6 is 0 Å². The first kappa shape index (κ1) is 20.1. The number of hydrogen-bond donors (Lipinski definition) is 2. The molecule has 0 bridgehead atoms. The zero-order valence-electron chi connectivity index (χ0n) is 16.8. The van der Waals surface area contributed by atoms with Crippen LogP contribution in [-0.2, 0) is 14.4 Å². The number of aliphatic hydroxyl groups excluding tert-OH is 1. The fraction of sp³-hybridized carbons (Fsp3) is 0.0800. The number of nitrogens with one attached hydrogen (secondary N) is 1. The normalized spacial score (nSPS) is 17.6. The minimum absolute atomic E-state index is 0.0355. The van der Waals surface area contributed by atoms with Gasteiger partial charge in [-0.15, -0.1) is 0 Å². The molecule has 1 unspecified atom stereocenters. The van der Waals surface area contributed by atoms with E-state index >= 15 is 0 Å². The zero-order chi connectivity index (χ0) is 22.0. The van der Waals surface area contributed by atoms with E-state index in [1.54, 1.807) is 54.6 Å². The fourth-order valence-corrected chi connectivity index (χ4v) is 3.71. The first-order valence-electron chi connectivity index (χ1n) is 9.76. The quantitative estimate of drug-likeness (QED) is 0.381. The molecule has 3 aromatic carbocycles. The van der Waals surface area contributed by atoms with Crippen LogP contribution < -0.4 is 10.2 Å². The Labute approximate surface area is 179 Å². The molecule has 0 aliphatic carbocycles. The van der Waals surface area contributed by atoms with Gasteiger partial charge in [0.05, 0.1) is 11.6 Å². The third-order valence-corrected chi connectivity index (χ3v) is 5.07. The van der Waals surface area contributed by atoms with E-state index in [0.717, 1.165) is 0 Å². The molecule has 0 radical (unpaired) electrons. The molecule has 154 valence electrons. The van der Waals surface area contributed by atoms with Crippen molar-refractivity contribution in [2.24, 2.45) is 0 Å². The van der Waals surface area contributed by atoms with Gasteiger partial charge in [0.25, 0.3) is 11.7 Å². The summed E-state index contributed by atoms with van der Waals surface area (Å²) < 4.78 is 0. The van der Waals surface area contributed by atoms with E-state index in [-0.39, 0.29) is 17.2 Å². The van der Waals surface area contributed by atoms with Gasteiger partial charge >= 0.3 is 0 Å². The van der Waals surface area contributed by atoms with Crippen molar-refractivity contribution >= 4 is 34.7 Å². The standard InChI is InChI=1S/C25H20N2O4/c1-16(28)26-19-12-14-20(15-13-19)27-22(17-8-4-2-5-9-17)21(24(30)25(27)31)23(29)18-10-6-3-7-11-18/h2-15,22,29H,1H3,(H,26,28)/b23-21-. The molecule has 1 fully saturated rings. The van der Waals surface area contributed by atoms with E-state index in [1.807, 2.05) is 30.3 Å². The highest BCUT2D eigenvalue weighted by Gasteiger charge is 2.46. The van der Waals surface area contributed by atoms with Gasteiger partial charge in [-0.2, -0.15) is 0 Å². The van der Waals surface area contributed by atoms with E-state index < -0.39 is 17.7 Å². The van der Waals surface area contributed by atoms with E-state index in [2.05, 4.69) is 5.32 Å². The van der Waals surface area contributed by atoms with Crippen LogP contribution in [0.5, 0.6) is 0 Å².